The molecular weight excluding hydrogens is 558 g/mol. The number of halogens is 2. The van der Waals surface area contributed by atoms with Crippen molar-refractivity contribution in [3.05, 3.63) is 41.2 Å². The average Bonchev–Trinajstić information content (AvgIpc) is 3.93. The molecule has 0 bridgehead atoms. The molecule has 4 fully saturated rings. The topological polar surface area (TPSA) is 128 Å². The van der Waals surface area contributed by atoms with Gasteiger partial charge < -0.3 is 15.4 Å². The molecule has 11 nitrogen and oxygen atoms in total. The molecule has 2 aliphatic carbocycles. The lowest BCUT2D eigenvalue weighted by Crippen LogP contribution is -2.48. The van der Waals surface area contributed by atoms with E-state index in [4.69, 9.17) is 19.8 Å². The zero-order valence-electron chi connectivity index (χ0n) is 24.3. The number of aryl methyl sites for hydroxylation is 1. The first kappa shape index (κ1) is 28.3. The quantitative estimate of drug-likeness (QED) is 0.367. The fraction of sp³-hybridized carbons (Fsp3) is 0.667. The Morgan fingerprint density at radius 1 is 1.16 bits per heavy atom. The highest BCUT2D eigenvalue weighted by atomic mass is 19.3. The van der Waals surface area contributed by atoms with Crippen LogP contribution in [0.25, 0.3) is 5.78 Å². The number of imidazole rings is 1. The molecule has 5 heterocycles. The summed E-state index contributed by atoms with van der Waals surface area (Å²) >= 11 is 0. The minimum absolute atomic E-state index is 0.0315. The van der Waals surface area contributed by atoms with Gasteiger partial charge in [0.15, 0.2) is 0 Å². The smallest absolute Gasteiger partial charge is 0.270 e. The summed E-state index contributed by atoms with van der Waals surface area (Å²) < 4.78 is 37.4. The normalized spacial score (nSPS) is 23.4. The van der Waals surface area contributed by atoms with Crippen LogP contribution in [0.1, 0.15) is 91.4 Å². The second-order valence-electron chi connectivity index (χ2n) is 12.7. The van der Waals surface area contributed by atoms with Crippen LogP contribution >= 0.6 is 0 Å². The minimum atomic E-state index is -2.96. The Kier molecular flexibility index (Phi) is 7.38. The third kappa shape index (κ3) is 5.87. The second-order valence-corrected chi connectivity index (χ2v) is 12.7. The van der Waals surface area contributed by atoms with Gasteiger partial charge in [-0.3, -0.25) is 14.3 Å². The Bertz CT molecular complexity index is 1500. The lowest BCUT2D eigenvalue weighted by Gasteiger charge is -2.29. The number of fused-ring (bicyclic) bond motifs is 1. The monoisotopic (exact) mass is 596 g/mol. The van der Waals surface area contributed by atoms with E-state index >= 15 is 0 Å². The zero-order valence-corrected chi connectivity index (χ0v) is 24.3. The number of aromatic nitrogens is 6. The molecule has 7 rings (SSSR count). The van der Waals surface area contributed by atoms with Crippen LogP contribution < -0.4 is 10.6 Å². The molecule has 2 aliphatic heterocycles. The number of carbonyl (C=O) groups excluding carboxylic acids is 2. The molecule has 0 aromatic carbocycles. The number of carbonyl (C=O) groups is 2. The molecular formula is C30H38F2N8O3. The molecule has 2 amide bonds. The van der Waals surface area contributed by atoms with Crippen molar-refractivity contribution in [2.24, 2.45) is 23.7 Å². The van der Waals surface area contributed by atoms with Crippen molar-refractivity contribution in [3.8, 4) is 0 Å². The van der Waals surface area contributed by atoms with Crippen LogP contribution in [0.4, 0.5) is 8.78 Å². The summed E-state index contributed by atoms with van der Waals surface area (Å²) in [6.45, 7) is 3.04. The largest absolute Gasteiger partial charge is 0.381 e. The van der Waals surface area contributed by atoms with Crippen LogP contribution in [-0.2, 0) is 22.5 Å². The highest BCUT2D eigenvalue weighted by Crippen LogP contribution is 2.54. The predicted molar refractivity (Wildman–Crippen MR) is 150 cm³/mol. The van der Waals surface area contributed by atoms with Crippen molar-refractivity contribution in [2.75, 3.05) is 19.8 Å². The van der Waals surface area contributed by atoms with Crippen LogP contribution in [-0.4, -0.2) is 66.9 Å². The zero-order chi connectivity index (χ0) is 29.7. The molecule has 0 radical (unpaired) electrons. The minimum Gasteiger partial charge on any atom is -0.381 e. The van der Waals surface area contributed by atoms with E-state index in [1.807, 2.05) is 13.1 Å². The third-order valence-corrected chi connectivity index (χ3v) is 9.49. The van der Waals surface area contributed by atoms with Crippen LogP contribution in [0.3, 0.4) is 0 Å². The van der Waals surface area contributed by atoms with Crippen molar-refractivity contribution < 1.29 is 23.1 Å². The molecule has 43 heavy (non-hydrogen) atoms. The van der Waals surface area contributed by atoms with E-state index in [-0.39, 0.29) is 36.1 Å². The number of alkyl halides is 2. The lowest BCUT2D eigenvalue weighted by molar-refractivity contribution is -0.136. The molecule has 2 saturated carbocycles. The van der Waals surface area contributed by atoms with Crippen LogP contribution in [0.2, 0.25) is 0 Å². The Morgan fingerprint density at radius 3 is 2.60 bits per heavy atom. The van der Waals surface area contributed by atoms with Crippen LogP contribution in [0.15, 0.2) is 18.5 Å². The second kappa shape index (κ2) is 11.2. The summed E-state index contributed by atoms with van der Waals surface area (Å²) in [5, 5.41) is 14.8. The van der Waals surface area contributed by atoms with E-state index in [2.05, 4.69) is 15.7 Å². The van der Waals surface area contributed by atoms with Crippen molar-refractivity contribution >= 4 is 17.6 Å². The molecule has 13 heteroatoms. The number of nitrogens with zero attached hydrogens (tertiary/aromatic N) is 6. The molecule has 2 saturated heterocycles. The summed E-state index contributed by atoms with van der Waals surface area (Å²) in [7, 11) is 0. The summed E-state index contributed by atoms with van der Waals surface area (Å²) in [6.07, 6.45) is 9.00. The Morgan fingerprint density at radius 2 is 1.91 bits per heavy atom. The van der Waals surface area contributed by atoms with Gasteiger partial charge in [-0.2, -0.15) is 10.2 Å². The molecule has 0 spiro atoms. The van der Waals surface area contributed by atoms with Crippen molar-refractivity contribution in [3.63, 3.8) is 0 Å². The summed E-state index contributed by atoms with van der Waals surface area (Å²) in [5.74, 6) is -2.69. The van der Waals surface area contributed by atoms with Crippen LogP contribution in [0, 0.1) is 23.7 Å². The number of nitrogens with one attached hydrogen (secondary N) is 2. The van der Waals surface area contributed by atoms with Gasteiger partial charge in [-0.25, -0.2) is 23.3 Å². The number of amides is 2. The number of hydrogen-bond acceptors (Lipinski definition) is 7. The molecule has 230 valence electrons. The molecule has 2 atom stereocenters. The van der Waals surface area contributed by atoms with E-state index in [0.717, 1.165) is 38.5 Å². The number of rotatable bonds is 10. The maximum absolute atomic E-state index is 14.3. The van der Waals surface area contributed by atoms with Gasteiger partial charge in [0.1, 0.15) is 5.69 Å². The van der Waals surface area contributed by atoms with Gasteiger partial charge in [-0.1, -0.05) is 0 Å². The first-order chi connectivity index (χ1) is 20.8. The van der Waals surface area contributed by atoms with Gasteiger partial charge in [0.25, 0.3) is 17.6 Å². The Balaban J connectivity index is 1.26. The highest BCUT2D eigenvalue weighted by molar-refractivity contribution is 5.92. The SMILES string of the molecule is CCn1nccc1C(=O)N[C@H](c1cn2nc(C[C@@H]3CC(F)(F)CNC3=O)c(C3CCOCC3)nc2n1)C(C1CC1)C1CC1. The molecule has 2 N–H and O–H groups in total. The van der Waals surface area contributed by atoms with Gasteiger partial charge >= 0.3 is 0 Å². The Labute approximate surface area is 248 Å². The first-order valence-electron chi connectivity index (χ1n) is 15.6. The number of ether oxygens (including phenoxy) is 1. The summed E-state index contributed by atoms with van der Waals surface area (Å²) in [6, 6.07) is 1.40. The third-order valence-electron chi connectivity index (χ3n) is 9.49. The van der Waals surface area contributed by atoms with E-state index < -0.39 is 24.8 Å². The fourth-order valence-electron chi connectivity index (χ4n) is 7.01. The summed E-state index contributed by atoms with van der Waals surface area (Å²) in [5.41, 5.74) is 2.43. The van der Waals surface area contributed by atoms with E-state index in [9.17, 15) is 18.4 Å². The number of piperidine rings is 1. The van der Waals surface area contributed by atoms with Gasteiger partial charge in [0, 0.05) is 50.6 Å². The van der Waals surface area contributed by atoms with Gasteiger partial charge in [-0.05, 0) is 69.3 Å². The first-order valence-corrected chi connectivity index (χ1v) is 15.6. The van der Waals surface area contributed by atoms with E-state index in [0.29, 0.717) is 60.1 Å². The molecule has 0 unspecified atom stereocenters. The lowest BCUT2D eigenvalue weighted by atomic mass is 9.87. The van der Waals surface area contributed by atoms with Gasteiger partial charge in [0.05, 0.1) is 35.9 Å². The Hall–Kier alpha value is -3.48. The standard InChI is InChI=1S/C30H38F2N8O3/c1-2-39-23(7-10-34-39)28(42)36-26(24(17-3-4-17)18-5-6-18)22-15-40-29(35-22)37-25(19-8-11-43-12-9-19)21(38-40)13-20-14-30(31,32)16-33-27(20)41/h7,10,15,17-20,24,26H,2-6,8-9,11-14,16H2,1H3,(H,33,41)(H,36,42)/t20-,26-/m1/s1. The van der Waals surface area contributed by atoms with Crippen molar-refractivity contribution in [1.29, 1.82) is 0 Å². The van der Waals surface area contributed by atoms with E-state index in [1.54, 1.807) is 21.5 Å². The molecule has 4 aliphatic rings. The van der Waals surface area contributed by atoms with E-state index in [1.165, 1.54) is 0 Å². The average molecular weight is 597 g/mol. The highest BCUT2D eigenvalue weighted by Gasteiger charge is 2.47. The number of hydrogen-bond donors (Lipinski definition) is 2. The summed E-state index contributed by atoms with van der Waals surface area (Å²) in [4.78, 5) is 36.0. The predicted octanol–water partition coefficient (Wildman–Crippen LogP) is 3.46. The van der Waals surface area contributed by atoms with Gasteiger partial charge in [-0.15, -0.1) is 0 Å². The maximum Gasteiger partial charge on any atom is 0.270 e. The molecule has 3 aromatic rings. The van der Waals surface area contributed by atoms with Gasteiger partial charge in [0.2, 0.25) is 5.91 Å². The maximum atomic E-state index is 14.3. The fourth-order valence-corrected chi connectivity index (χ4v) is 7.01. The van der Waals surface area contributed by atoms with Crippen molar-refractivity contribution in [2.45, 2.75) is 82.7 Å². The van der Waals surface area contributed by atoms with Crippen molar-refractivity contribution in [1.82, 2.24) is 40.0 Å². The van der Waals surface area contributed by atoms with Crippen LogP contribution in [0.5, 0.6) is 0 Å². The molecule has 3 aromatic heterocycles.